The molecule has 0 saturated carbocycles. The number of aryl methyl sites for hydroxylation is 2. The van der Waals surface area contributed by atoms with Crippen LogP contribution in [0.2, 0.25) is 0 Å². The molecule has 1 aliphatic heterocycles. The minimum absolute atomic E-state index is 0.0676. The summed E-state index contributed by atoms with van der Waals surface area (Å²) in [6, 6.07) is 3.77. The Morgan fingerprint density at radius 3 is 2.43 bits per heavy atom. The first-order chi connectivity index (χ1) is 13.1. The average molecular weight is 389 g/mol. The topological polar surface area (TPSA) is 72.5 Å². The Hall–Kier alpha value is -2.12. The lowest BCUT2D eigenvalue weighted by molar-refractivity contribution is -0.0948. The molecule has 154 valence electrons. The molecule has 3 heterocycles. The normalized spacial score (nSPS) is 21.1. The lowest BCUT2D eigenvalue weighted by Crippen LogP contribution is -2.58. The van der Waals surface area contributed by atoms with Crippen molar-refractivity contribution in [2.75, 3.05) is 19.6 Å². The maximum atomic E-state index is 12.9. The van der Waals surface area contributed by atoms with Crippen LogP contribution in [0.15, 0.2) is 16.7 Å². The Morgan fingerprint density at radius 1 is 1.21 bits per heavy atom. The first kappa shape index (κ1) is 20.6. The van der Waals surface area contributed by atoms with E-state index in [2.05, 4.69) is 43.1 Å². The van der Waals surface area contributed by atoms with Crippen molar-refractivity contribution in [3.63, 3.8) is 0 Å². The molecule has 0 aliphatic carbocycles. The van der Waals surface area contributed by atoms with Gasteiger partial charge in [0, 0.05) is 42.6 Å². The number of nitrogens with one attached hydrogen (secondary N) is 1. The standard InChI is InChI=1S/C21H32N4O3/c1-13-8-18(17(5)25(13)19-9-14(2)28-23-19)20(26)22-12-21(6,7)24-10-15(3)27-16(4)11-24/h8-9,15-16H,10-12H2,1-7H3,(H,22,26). The van der Waals surface area contributed by atoms with Crippen LogP contribution in [0.3, 0.4) is 0 Å². The third-order valence-corrected chi connectivity index (χ3v) is 5.48. The lowest BCUT2D eigenvalue weighted by Gasteiger charge is -2.45. The molecular formula is C21H32N4O3. The van der Waals surface area contributed by atoms with Gasteiger partial charge in [-0.05, 0) is 54.5 Å². The van der Waals surface area contributed by atoms with Gasteiger partial charge in [-0.15, -0.1) is 0 Å². The maximum Gasteiger partial charge on any atom is 0.253 e. The van der Waals surface area contributed by atoms with Crippen LogP contribution in [0.25, 0.3) is 5.82 Å². The number of aromatic nitrogens is 2. The molecule has 28 heavy (non-hydrogen) atoms. The predicted octanol–water partition coefficient (Wildman–Crippen LogP) is 3.01. The van der Waals surface area contributed by atoms with Gasteiger partial charge in [0.05, 0.1) is 17.8 Å². The van der Waals surface area contributed by atoms with Crippen molar-refractivity contribution < 1.29 is 14.1 Å². The summed E-state index contributed by atoms with van der Waals surface area (Å²) in [5.74, 6) is 1.37. The van der Waals surface area contributed by atoms with Gasteiger partial charge in [-0.25, -0.2) is 0 Å². The fourth-order valence-corrected chi connectivity index (χ4v) is 3.98. The monoisotopic (exact) mass is 388 g/mol. The van der Waals surface area contributed by atoms with Crippen LogP contribution in [-0.4, -0.2) is 57.9 Å². The minimum Gasteiger partial charge on any atom is -0.373 e. The number of carbonyl (C=O) groups is 1. The van der Waals surface area contributed by atoms with Crippen LogP contribution in [0.5, 0.6) is 0 Å². The molecule has 2 unspecified atom stereocenters. The molecular weight excluding hydrogens is 356 g/mol. The highest BCUT2D eigenvalue weighted by atomic mass is 16.5. The second kappa shape index (κ2) is 7.72. The van der Waals surface area contributed by atoms with E-state index in [-0.39, 0.29) is 23.7 Å². The zero-order valence-electron chi connectivity index (χ0n) is 18.0. The van der Waals surface area contributed by atoms with Crippen molar-refractivity contribution in [3.8, 4) is 5.82 Å². The molecule has 0 radical (unpaired) electrons. The fraction of sp³-hybridized carbons (Fsp3) is 0.619. The van der Waals surface area contributed by atoms with Gasteiger partial charge in [0.15, 0.2) is 5.82 Å². The molecule has 0 bridgehead atoms. The molecule has 0 aromatic carbocycles. The molecule has 2 aromatic rings. The fourth-order valence-electron chi connectivity index (χ4n) is 3.98. The average Bonchev–Trinajstić information content (AvgIpc) is 3.14. The van der Waals surface area contributed by atoms with Crippen molar-refractivity contribution in [3.05, 3.63) is 34.8 Å². The summed E-state index contributed by atoms with van der Waals surface area (Å²) < 4.78 is 13.0. The van der Waals surface area contributed by atoms with Crippen molar-refractivity contribution in [2.45, 2.75) is 66.2 Å². The number of nitrogens with zero attached hydrogens (tertiary/aromatic N) is 3. The van der Waals surface area contributed by atoms with Crippen LogP contribution in [-0.2, 0) is 4.74 Å². The lowest BCUT2D eigenvalue weighted by atomic mass is 10.00. The Morgan fingerprint density at radius 2 is 1.86 bits per heavy atom. The van der Waals surface area contributed by atoms with Crippen molar-refractivity contribution in [2.24, 2.45) is 0 Å². The zero-order valence-corrected chi connectivity index (χ0v) is 18.0. The van der Waals surface area contributed by atoms with Gasteiger partial charge in [-0.2, -0.15) is 0 Å². The highest BCUT2D eigenvalue weighted by Gasteiger charge is 2.33. The van der Waals surface area contributed by atoms with E-state index >= 15 is 0 Å². The summed E-state index contributed by atoms with van der Waals surface area (Å²) in [5.41, 5.74) is 2.31. The van der Waals surface area contributed by atoms with E-state index in [0.717, 1.165) is 30.2 Å². The largest absolute Gasteiger partial charge is 0.373 e. The Labute approximate surface area is 167 Å². The van der Waals surface area contributed by atoms with E-state index in [0.29, 0.717) is 17.9 Å². The molecule has 2 aromatic heterocycles. The van der Waals surface area contributed by atoms with Gasteiger partial charge in [0.1, 0.15) is 5.76 Å². The molecule has 7 heteroatoms. The molecule has 7 nitrogen and oxygen atoms in total. The number of amides is 1. The van der Waals surface area contributed by atoms with Gasteiger partial charge in [-0.1, -0.05) is 5.16 Å². The molecule has 1 saturated heterocycles. The minimum atomic E-state index is -0.156. The molecule has 1 fully saturated rings. The van der Waals surface area contributed by atoms with Crippen molar-refractivity contribution >= 4 is 5.91 Å². The summed E-state index contributed by atoms with van der Waals surface area (Å²) in [6.07, 6.45) is 0.395. The number of carbonyl (C=O) groups excluding carboxylic acids is 1. The highest BCUT2D eigenvalue weighted by molar-refractivity contribution is 5.96. The zero-order chi connectivity index (χ0) is 20.6. The predicted molar refractivity (Wildman–Crippen MR) is 108 cm³/mol. The highest BCUT2D eigenvalue weighted by Crippen LogP contribution is 2.23. The number of hydrogen-bond acceptors (Lipinski definition) is 5. The van der Waals surface area contributed by atoms with E-state index in [9.17, 15) is 4.79 Å². The summed E-state index contributed by atoms with van der Waals surface area (Å²) in [7, 11) is 0. The second-order valence-corrected chi connectivity index (χ2v) is 8.57. The van der Waals surface area contributed by atoms with Gasteiger partial charge < -0.3 is 14.6 Å². The summed E-state index contributed by atoms with van der Waals surface area (Å²) in [5, 5.41) is 7.20. The first-order valence-electron chi connectivity index (χ1n) is 9.90. The van der Waals surface area contributed by atoms with Crippen LogP contribution in [0.4, 0.5) is 0 Å². The molecule has 0 spiro atoms. The quantitative estimate of drug-likeness (QED) is 0.852. The second-order valence-electron chi connectivity index (χ2n) is 8.57. The van der Waals surface area contributed by atoms with Gasteiger partial charge in [0.2, 0.25) is 0 Å². The number of hydrogen-bond donors (Lipinski definition) is 1. The van der Waals surface area contributed by atoms with Crippen LogP contribution in [0, 0.1) is 20.8 Å². The van der Waals surface area contributed by atoms with Gasteiger partial charge in [-0.3, -0.25) is 14.3 Å². The smallest absolute Gasteiger partial charge is 0.253 e. The molecule has 1 N–H and O–H groups in total. The van der Waals surface area contributed by atoms with Gasteiger partial charge in [0.25, 0.3) is 5.91 Å². The van der Waals surface area contributed by atoms with Gasteiger partial charge >= 0.3 is 0 Å². The summed E-state index contributed by atoms with van der Waals surface area (Å²) >= 11 is 0. The molecule has 1 aliphatic rings. The molecule has 2 atom stereocenters. The van der Waals surface area contributed by atoms with Crippen molar-refractivity contribution in [1.82, 2.24) is 19.9 Å². The number of rotatable bonds is 5. The van der Waals surface area contributed by atoms with E-state index in [4.69, 9.17) is 9.26 Å². The van der Waals surface area contributed by atoms with E-state index in [1.54, 1.807) is 0 Å². The SMILES string of the molecule is Cc1cc(-n2c(C)cc(C(=O)NCC(C)(C)N3CC(C)OC(C)C3)c2C)no1. The van der Waals surface area contributed by atoms with Crippen LogP contribution in [0.1, 0.15) is 55.2 Å². The van der Waals surface area contributed by atoms with E-state index in [1.807, 2.05) is 37.5 Å². The third-order valence-electron chi connectivity index (χ3n) is 5.48. The third kappa shape index (κ3) is 4.15. The molecule has 3 rings (SSSR count). The maximum absolute atomic E-state index is 12.9. The summed E-state index contributed by atoms with van der Waals surface area (Å²) in [6.45, 7) is 16.6. The first-order valence-corrected chi connectivity index (χ1v) is 9.90. The van der Waals surface area contributed by atoms with E-state index < -0.39 is 0 Å². The Kier molecular flexibility index (Phi) is 5.68. The Bertz CT molecular complexity index is 842. The summed E-state index contributed by atoms with van der Waals surface area (Å²) in [4.78, 5) is 15.3. The van der Waals surface area contributed by atoms with Crippen LogP contribution >= 0.6 is 0 Å². The van der Waals surface area contributed by atoms with E-state index in [1.165, 1.54) is 0 Å². The molecule has 1 amide bonds. The van der Waals surface area contributed by atoms with Crippen LogP contribution < -0.4 is 5.32 Å². The van der Waals surface area contributed by atoms with Crippen molar-refractivity contribution in [1.29, 1.82) is 0 Å². The Balaban J connectivity index is 1.71. The number of ether oxygens (including phenoxy) is 1. The number of morpholine rings is 1.